The average molecular weight is 240 g/mol. The molecule has 0 aromatic heterocycles. The zero-order valence-electron chi connectivity index (χ0n) is 8.92. The van der Waals surface area contributed by atoms with Gasteiger partial charge in [0.25, 0.3) is 5.69 Å². The third-order valence-electron chi connectivity index (χ3n) is 2.09. The highest BCUT2D eigenvalue weighted by atomic mass is 16.6. The Morgan fingerprint density at radius 2 is 2.18 bits per heavy atom. The highest BCUT2D eigenvalue weighted by Crippen LogP contribution is 2.22. The number of aliphatic hydroxyl groups excluding tert-OH is 1. The van der Waals surface area contributed by atoms with Gasteiger partial charge < -0.3 is 15.5 Å². The molecule has 0 radical (unpaired) electrons. The summed E-state index contributed by atoms with van der Waals surface area (Å²) in [7, 11) is 0. The van der Waals surface area contributed by atoms with Crippen molar-refractivity contribution < 1.29 is 19.9 Å². The van der Waals surface area contributed by atoms with Crippen LogP contribution in [0.5, 0.6) is 0 Å². The van der Waals surface area contributed by atoms with Gasteiger partial charge >= 0.3 is 5.97 Å². The molecule has 0 amide bonds. The first-order chi connectivity index (χ1) is 8.06. The van der Waals surface area contributed by atoms with E-state index in [0.29, 0.717) is 13.0 Å². The van der Waals surface area contributed by atoms with Gasteiger partial charge in [-0.1, -0.05) is 0 Å². The Morgan fingerprint density at radius 3 is 2.71 bits per heavy atom. The molecule has 0 aliphatic carbocycles. The number of nitro groups is 1. The van der Waals surface area contributed by atoms with Gasteiger partial charge in [0.05, 0.1) is 16.2 Å². The van der Waals surface area contributed by atoms with Crippen molar-refractivity contribution in [3.8, 4) is 0 Å². The van der Waals surface area contributed by atoms with Crippen molar-refractivity contribution in [2.75, 3.05) is 18.5 Å². The van der Waals surface area contributed by atoms with Gasteiger partial charge in [-0.25, -0.2) is 4.79 Å². The quantitative estimate of drug-likeness (QED) is 0.389. The number of hydrogen-bond acceptors (Lipinski definition) is 5. The summed E-state index contributed by atoms with van der Waals surface area (Å²) in [5.41, 5.74) is -0.0322. The first kappa shape index (κ1) is 12.9. The van der Waals surface area contributed by atoms with Crippen LogP contribution in [0.4, 0.5) is 11.4 Å². The summed E-state index contributed by atoms with van der Waals surface area (Å²) in [5.74, 6) is -1.16. The molecule has 17 heavy (non-hydrogen) atoms. The molecule has 0 heterocycles. The molecule has 0 unspecified atom stereocenters. The van der Waals surface area contributed by atoms with Gasteiger partial charge in [-0.3, -0.25) is 10.1 Å². The number of hydrogen-bond donors (Lipinski definition) is 3. The zero-order chi connectivity index (χ0) is 12.8. The number of non-ortho nitro benzene ring substituents is 1. The summed E-state index contributed by atoms with van der Waals surface area (Å²) in [6.45, 7) is 0.308. The van der Waals surface area contributed by atoms with E-state index < -0.39 is 10.9 Å². The van der Waals surface area contributed by atoms with Crippen LogP contribution in [0.2, 0.25) is 0 Å². The lowest BCUT2D eigenvalue weighted by Crippen LogP contribution is -2.09. The Morgan fingerprint density at radius 1 is 1.47 bits per heavy atom. The minimum atomic E-state index is -1.16. The number of rotatable bonds is 6. The predicted molar refractivity (Wildman–Crippen MR) is 60.2 cm³/mol. The molecule has 7 nitrogen and oxygen atoms in total. The number of nitrogens with zero attached hydrogens (tertiary/aromatic N) is 1. The molecule has 1 aromatic rings. The monoisotopic (exact) mass is 240 g/mol. The number of benzene rings is 1. The molecule has 0 saturated carbocycles. The molecule has 3 N–H and O–H groups in total. The Hall–Kier alpha value is -2.15. The SMILES string of the molecule is O=C(O)c1ccc([N+](=O)[O-])cc1NCCCO. The van der Waals surface area contributed by atoms with E-state index in [1.807, 2.05) is 0 Å². The lowest BCUT2D eigenvalue weighted by Gasteiger charge is -2.08. The summed E-state index contributed by atoms with van der Waals surface area (Å²) >= 11 is 0. The van der Waals surface area contributed by atoms with Crippen molar-refractivity contribution in [3.05, 3.63) is 33.9 Å². The zero-order valence-corrected chi connectivity index (χ0v) is 8.92. The molecule has 0 aliphatic rings. The Kier molecular flexibility index (Phi) is 4.41. The third-order valence-corrected chi connectivity index (χ3v) is 2.09. The third kappa shape index (κ3) is 3.42. The second-order valence-corrected chi connectivity index (χ2v) is 3.30. The van der Waals surface area contributed by atoms with Crippen LogP contribution in [0.25, 0.3) is 0 Å². The van der Waals surface area contributed by atoms with Gasteiger partial charge in [-0.05, 0) is 12.5 Å². The molecule has 0 atom stereocenters. The normalized spacial score (nSPS) is 9.94. The fourth-order valence-corrected chi connectivity index (χ4v) is 1.28. The van der Waals surface area contributed by atoms with Crippen molar-refractivity contribution >= 4 is 17.3 Å². The van der Waals surface area contributed by atoms with E-state index in [9.17, 15) is 14.9 Å². The Bertz CT molecular complexity index is 433. The number of carbonyl (C=O) groups is 1. The maximum absolute atomic E-state index is 10.9. The standard InChI is InChI=1S/C10H12N2O5/c13-5-1-4-11-9-6-7(12(16)17)2-3-8(9)10(14)15/h2-3,6,11,13H,1,4-5H2,(H,14,15). The van der Waals surface area contributed by atoms with Crippen LogP contribution in [0.3, 0.4) is 0 Å². The van der Waals surface area contributed by atoms with Crippen LogP contribution in [0.1, 0.15) is 16.8 Å². The fourth-order valence-electron chi connectivity index (χ4n) is 1.28. The van der Waals surface area contributed by atoms with E-state index in [1.165, 1.54) is 12.1 Å². The molecule has 1 rings (SSSR count). The molecule has 1 aromatic carbocycles. The number of carboxylic acid groups (broad SMARTS) is 1. The molecule has 0 aliphatic heterocycles. The van der Waals surface area contributed by atoms with Crippen LogP contribution in [-0.2, 0) is 0 Å². The Balaban J connectivity index is 2.98. The van der Waals surface area contributed by atoms with Gasteiger partial charge in [-0.15, -0.1) is 0 Å². The molecule has 92 valence electrons. The smallest absolute Gasteiger partial charge is 0.337 e. The van der Waals surface area contributed by atoms with Gasteiger partial charge in [-0.2, -0.15) is 0 Å². The lowest BCUT2D eigenvalue weighted by atomic mass is 10.1. The van der Waals surface area contributed by atoms with Crippen molar-refractivity contribution in [1.82, 2.24) is 0 Å². The van der Waals surface area contributed by atoms with Crippen LogP contribution in [-0.4, -0.2) is 34.3 Å². The minimum Gasteiger partial charge on any atom is -0.478 e. The maximum atomic E-state index is 10.9. The van der Waals surface area contributed by atoms with Gasteiger partial charge in [0.1, 0.15) is 0 Å². The maximum Gasteiger partial charge on any atom is 0.337 e. The van der Waals surface area contributed by atoms with E-state index in [4.69, 9.17) is 10.2 Å². The van der Waals surface area contributed by atoms with Crippen molar-refractivity contribution in [2.24, 2.45) is 0 Å². The molecule has 0 fully saturated rings. The van der Waals surface area contributed by atoms with Crippen LogP contribution >= 0.6 is 0 Å². The highest BCUT2D eigenvalue weighted by molar-refractivity contribution is 5.94. The van der Waals surface area contributed by atoms with E-state index in [1.54, 1.807) is 0 Å². The van der Waals surface area contributed by atoms with E-state index in [2.05, 4.69) is 5.32 Å². The summed E-state index contributed by atoms with van der Waals surface area (Å²) < 4.78 is 0. The number of nitrogens with one attached hydrogen (secondary N) is 1. The van der Waals surface area contributed by atoms with Crippen LogP contribution < -0.4 is 5.32 Å². The lowest BCUT2D eigenvalue weighted by molar-refractivity contribution is -0.384. The van der Waals surface area contributed by atoms with Crippen molar-refractivity contribution in [2.45, 2.75) is 6.42 Å². The summed E-state index contributed by atoms with van der Waals surface area (Å²) in [6, 6.07) is 3.49. The van der Waals surface area contributed by atoms with Gasteiger partial charge in [0.2, 0.25) is 0 Å². The topological polar surface area (TPSA) is 113 Å². The molecular weight excluding hydrogens is 228 g/mol. The second-order valence-electron chi connectivity index (χ2n) is 3.30. The first-order valence-corrected chi connectivity index (χ1v) is 4.92. The van der Waals surface area contributed by atoms with Crippen molar-refractivity contribution in [3.63, 3.8) is 0 Å². The number of carboxylic acids is 1. The fraction of sp³-hybridized carbons (Fsp3) is 0.300. The molecule has 0 spiro atoms. The largest absolute Gasteiger partial charge is 0.478 e. The summed E-state index contributed by atoms with van der Waals surface area (Å²) in [6.07, 6.45) is 0.432. The second kappa shape index (κ2) is 5.80. The average Bonchev–Trinajstić information content (AvgIpc) is 2.28. The van der Waals surface area contributed by atoms with Gasteiger partial charge in [0.15, 0.2) is 0 Å². The molecular formula is C10H12N2O5. The number of aliphatic hydroxyl groups is 1. The predicted octanol–water partition coefficient (Wildman–Crippen LogP) is 1.09. The summed E-state index contributed by atoms with van der Waals surface area (Å²) in [4.78, 5) is 20.8. The first-order valence-electron chi connectivity index (χ1n) is 4.92. The van der Waals surface area contributed by atoms with Crippen LogP contribution in [0.15, 0.2) is 18.2 Å². The molecule has 0 saturated heterocycles. The van der Waals surface area contributed by atoms with E-state index >= 15 is 0 Å². The van der Waals surface area contributed by atoms with Crippen molar-refractivity contribution in [1.29, 1.82) is 0 Å². The highest BCUT2D eigenvalue weighted by Gasteiger charge is 2.14. The van der Waals surface area contributed by atoms with Gasteiger partial charge in [0, 0.05) is 25.3 Å². The molecule has 0 bridgehead atoms. The summed E-state index contributed by atoms with van der Waals surface area (Å²) in [5, 5.41) is 30.8. The number of anilines is 1. The molecule has 7 heteroatoms. The van der Waals surface area contributed by atoms with Crippen LogP contribution in [0, 0.1) is 10.1 Å². The number of nitro benzene ring substituents is 1. The minimum absolute atomic E-state index is 0.0338. The number of aromatic carboxylic acids is 1. The van der Waals surface area contributed by atoms with E-state index in [-0.39, 0.29) is 23.5 Å². The van der Waals surface area contributed by atoms with E-state index in [0.717, 1.165) is 6.07 Å². The Labute approximate surface area is 96.8 Å².